The van der Waals surface area contributed by atoms with Gasteiger partial charge < -0.3 is 14.6 Å². The van der Waals surface area contributed by atoms with E-state index in [1.54, 1.807) is 6.07 Å². The zero-order chi connectivity index (χ0) is 17.4. The lowest BCUT2D eigenvalue weighted by molar-refractivity contribution is 0.0604. The number of aryl methyl sites for hydroxylation is 1. The number of rotatable bonds is 2. The number of amides is 1. The molecule has 0 bridgehead atoms. The van der Waals surface area contributed by atoms with Crippen molar-refractivity contribution in [2.45, 2.75) is 13.0 Å². The van der Waals surface area contributed by atoms with Gasteiger partial charge in [-0.2, -0.15) is 0 Å². The maximum absolute atomic E-state index is 13.1. The molecule has 8 heteroatoms. The molecule has 1 aliphatic rings. The molecule has 1 unspecified atom stereocenters. The number of hydrogen-bond acceptors (Lipinski definition) is 4. The summed E-state index contributed by atoms with van der Waals surface area (Å²) in [5.74, 6) is 0.198. The summed E-state index contributed by atoms with van der Waals surface area (Å²) in [6.07, 6.45) is 0. The third-order valence-corrected chi connectivity index (χ3v) is 4.70. The second kappa shape index (κ2) is 8.93. The van der Waals surface area contributed by atoms with Crippen molar-refractivity contribution in [3.05, 3.63) is 64.5 Å². The van der Waals surface area contributed by atoms with E-state index in [1.165, 1.54) is 0 Å². The second-order valence-electron chi connectivity index (χ2n) is 6.22. The Bertz CT molecular complexity index is 945. The summed E-state index contributed by atoms with van der Waals surface area (Å²) in [5.41, 5.74) is 3.24. The number of hydrogen-bond donors (Lipinski definition) is 1. The molecule has 3 aromatic rings. The number of pyridine rings is 1. The minimum Gasteiger partial charge on any atom is -0.449 e. The molecule has 0 spiro atoms. The summed E-state index contributed by atoms with van der Waals surface area (Å²) in [5, 5.41) is 4.01. The first-order chi connectivity index (χ1) is 12.1. The molecule has 4 rings (SSSR count). The van der Waals surface area contributed by atoms with E-state index in [-0.39, 0.29) is 36.8 Å². The lowest BCUT2D eigenvalue weighted by Crippen LogP contribution is -2.48. The largest absolute Gasteiger partial charge is 0.449 e. The van der Waals surface area contributed by atoms with Crippen LogP contribution in [-0.4, -0.2) is 35.4 Å². The van der Waals surface area contributed by atoms with Crippen molar-refractivity contribution >= 4 is 53.4 Å². The van der Waals surface area contributed by atoms with E-state index in [2.05, 4.69) is 10.3 Å². The first-order valence-electron chi connectivity index (χ1n) is 8.26. The van der Waals surface area contributed by atoms with E-state index in [4.69, 9.17) is 16.0 Å². The van der Waals surface area contributed by atoms with E-state index in [9.17, 15) is 4.79 Å². The molecule has 1 atom stereocenters. The van der Waals surface area contributed by atoms with Crippen molar-refractivity contribution in [3.63, 3.8) is 0 Å². The minimum atomic E-state index is -0.123. The summed E-state index contributed by atoms with van der Waals surface area (Å²) in [6, 6.07) is 13.0. The molecule has 1 fully saturated rings. The van der Waals surface area contributed by atoms with Gasteiger partial charge in [0.05, 0.1) is 6.04 Å². The Morgan fingerprint density at radius 3 is 2.85 bits per heavy atom. The molecule has 2 aromatic heterocycles. The van der Waals surface area contributed by atoms with Gasteiger partial charge >= 0.3 is 0 Å². The second-order valence-corrected chi connectivity index (χ2v) is 6.66. The minimum absolute atomic E-state index is 0. The molecule has 144 valence electrons. The van der Waals surface area contributed by atoms with Gasteiger partial charge in [-0.3, -0.25) is 4.79 Å². The van der Waals surface area contributed by atoms with Crippen LogP contribution in [0.2, 0.25) is 5.02 Å². The molecule has 0 aliphatic carbocycles. The summed E-state index contributed by atoms with van der Waals surface area (Å²) in [6.45, 7) is 3.96. The lowest BCUT2D eigenvalue weighted by Gasteiger charge is -2.36. The summed E-state index contributed by atoms with van der Waals surface area (Å²) in [4.78, 5) is 19.3. The monoisotopic (exact) mass is 427 g/mol. The number of furan rings is 1. The maximum Gasteiger partial charge on any atom is 0.290 e. The average Bonchev–Trinajstić information content (AvgIpc) is 3.04. The van der Waals surface area contributed by atoms with Crippen molar-refractivity contribution in [1.29, 1.82) is 0 Å². The topological polar surface area (TPSA) is 58.4 Å². The van der Waals surface area contributed by atoms with Crippen LogP contribution in [0.15, 0.2) is 46.9 Å². The Hall–Kier alpha value is -1.79. The van der Waals surface area contributed by atoms with Crippen molar-refractivity contribution in [2.24, 2.45) is 0 Å². The van der Waals surface area contributed by atoms with E-state index in [1.807, 2.05) is 48.2 Å². The Kier molecular flexibility index (Phi) is 7.12. The zero-order valence-corrected chi connectivity index (χ0v) is 17.0. The van der Waals surface area contributed by atoms with Gasteiger partial charge in [0.1, 0.15) is 5.52 Å². The first-order valence-corrected chi connectivity index (χ1v) is 8.64. The van der Waals surface area contributed by atoms with Crippen LogP contribution in [0.25, 0.3) is 11.1 Å². The highest BCUT2D eigenvalue weighted by atomic mass is 35.5. The Morgan fingerprint density at radius 1 is 1.26 bits per heavy atom. The third kappa shape index (κ3) is 4.38. The fourth-order valence-electron chi connectivity index (χ4n) is 3.23. The number of nitrogens with zero attached hydrogens (tertiary/aromatic N) is 2. The number of piperazine rings is 1. The van der Waals surface area contributed by atoms with Gasteiger partial charge in [-0.1, -0.05) is 23.7 Å². The van der Waals surface area contributed by atoms with Crippen molar-refractivity contribution < 1.29 is 9.21 Å². The molecule has 3 heterocycles. The quantitative estimate of drug-likeness (QED) is 0.656. The number of nitrogens with one attached hydrogen (secondary N) is 1. The highest BCUT2D eigenvalue weighted by Gasteiger charge is 2.30. The van der Waals surface area contributed by atoms with E-state index in [0.717, 1.165) is 17.8 Å². The molecule has 1 amide bonds. The first kappa shape index (κ1) is 21.5. The molecule has 1 aromatic carbocycles. The molecule has 1 aliphatic heterocycles. The predicted molar refractivity (Wildman–Crippen MR) is 111 cm³/mol. The van der Waals surface area contributed by atoms with Gasteiger partial charge in [-0.25, -0.2) is 4.98 Å². The Morgan fingerprint density at radius 2 is 2.07 bits per heavy atom. The molecule has 5 nitrogen and oxygen atoms in total. The summed E-state index contributed by atoms with van der Waals surface area (Å²) < 4.78 is 5.75. The van der Waals surface area contributed by atoms with Gasteiger partial charge in [0.15, 0.2) is 11.3 Å². The molecule has 0 radical (unpaired) electrons. The van der Waals surface area contributed by atoms with Crippen LogP contribution in [0.3, 0.4) is 0 Å². The molecular formula is C19H20Cl3N3O2. The van der Waals surface area contributed by atoms with Gasteiger partial charge in [-0.05, 0) is 36.8 Å². The highest BCUT2D eigenvalue weighted by Crippen LogP contribution is 2.27. The van der Waals surface area contributed by atoms with Crippen molar-refractivity contribution in [3.8, 4) is 0 Å². The number of benzene rings is 1. The SMILES string of the molecule is Cc1ccc2oc(C(=O)N3CCNCC3c3cccc(Cl)c3)cc2n1.Cl.Cl. The highest BCUT2D eigenvalue weighted by molar-refractivity contribution is 6.30. The van der Waals surface area contributed by atoms with E-state index in [0.29, 0.717) is 35.0 Å². The number of aromatic nitrogens is 1. The number of carbonyl (C=O) groups excluding carboxylic acids is 1. The van der Waals surface area contributed by atoms with Crippen LogP contribution < -0.4 is 5.32 Å². The van der Waals surface area contributed by atoms with Crippen LogP contribution in [0.4, 0.5) is 0 Å². The normalized spacial score (nSPS) is 16.5. The zero-order valence-electron chi connectivity index (χ0n) is 14.6. The van der Waals surface area contributed by atoms with Crippen LogP contribution >= 0.6 is 36.4 Å². The Labute approximate surface area is 174 Å². The van der Waals surface area contributed by atoms with Crippen molar-refractivity contribution in [2.75, 3.05) is 19.6 Å². The van der Waals surface area contributed by atoms with Crippen LogP contribution in [0.1, 0.15) is 27.9 Å². The van der Waals surface area contributed by atoms with Gasteiger partial charge in [0.25, 0.3) is 5.91 Å². The Balaban J connectivity index is 0.00000131. The third-order valence-electron chi connectivity index (χ3n) is 4.46. The molecule has 27 heavy (non-hydrogen) atoms. The molecule has 1 N–H and O–H groups in total. The lowest BCUT2D eigenvalue weighted by atomic mass is 10.0. The van der Waals surface area contributed by atoms with Gasteiger partial charge in [-0.15, -0.1) is 24.8 Å². The van der Waals surface area contributed by atoms with Crippen LogP contribution in [0, 0.1) is 6.92 Å². The van der Waals surface area contributed by atoms with E-state index < -0.39 is 0 Å². The fourth-order valence-corrected chi connectivity index (χ4v) is 3.43. The summed E-state index contributed by atoms with van der Waals surface area (Å²) in [7, 11) is 0. The van der Waals surface area contributed by atoms with Crippen molar-refractivity contribution in [1.82, 2.24) is 15.2 Å². The smallest absolute Gasteiger partial charge is 0.290 e. The molecule has 0 saturated carbocycles. The standard InChI is InChI=1S/C19H18ClN3O2.2ClH/c1-12-5-6-17-15(22-12)10-18(25-17)19(24)23-8-7-21-11-16(23)13-3-2-4-14(20)9-13;;/h2-6,9-10,16,21H,7-8,11H2,1H3;2*1H. The number of halogens is 3. The predicted octanol–water partition coefficient (Wildman–Crippen LogP) is 4.42. The molecule has 1 saturated heterocycles. The van der Waals surface area contributed by atoms with E-state index >= 15 is 0 Å². The van der Waals surface area contributed by atoms with Gasteiger partial charge in [0.2, 0.25) is 0 Å². The summed E-state index contributed by atoms with van der Waals surface area (Å²) >= 11 is 6.13. The molecular weight excluding hydrogens is 409 g/mol. The van der Waals surface area contributed by atoms with Gasteiger partial charge in [0, 0.05) is 36.4 Å². The maximum atomic E-state index is 13.1. The fraction of sp³-hybridized carbons (Fsp3) is 0.263. The average molecular weight is 429 g/mol. The number of carbonyl (C=O) groups is 1. The number of fused-ring (bicyclic) bond motifs is 1. The van der Waals surface area contributed by atoms with Crippen LogP contribution in [-0.2, 0) is 0 Å². The van der Waals surface area contributed by atoms with Crippen LogP contribution in [0.5, 0.6) is 0 Å².